The standard InChI is InChI=1S/C11H16ClN3O3/c1-5(2)8(11(17)18)13-10(16)9-7(12)6(3)15(4)14-9/h5,8H,1-4H3,(H,13,16)(H,17,18)/t8-/m0/s1. The van der Waals surface area contributed by atoms with Crippen LogP contribution in [0.15, 0.2) is 0 Å². The molecule has 0 aliphatic heterocycles. The topological polar surface area (TPSA) is 84.2 Å². The number of carbonyl (C=O) groups is 2. The Kier molecular flexibility index (Phi) is 4.34. The molecule has 0 spiro atoms. The molecule has 1 aromatic heterocycles. The molecule has 0 aliphatic rings. The van der Waals surface area contributed by atoms with Gasteiger partial charge in [-0.05, 0) is 12.8 Å². The van der Waals surface area contributed by atoms with E-state index in [9.17, 15) is 9.59 Å². The molecule has 0 aromatic carbocycles. The maximum atomic E-state index is 11.9. The Labute approximate surface area is 110 Å². The molecule has 1 atom stereocenters. The van der Waals surface area contributed by atoms with E-state index < -0.39 is 17.9 Å². The van der Waals surface area contributed by atoms with Gasteiger partial charge in [0.2, 0.25) is 0 Å². The van der Waals surface area contributed by atoms with Gasteiger partial charge in [-0.15, -0.1) is 0 Å². The predicted molar refractivity (Wildman–Crippen MR) is 66.7 cm³/mol. The van der Waals surface area contributed by atoms with Gasteiger partial charge in [0.15, 0.2) is 5.69 Å². The highest BCUT2D eigenvalue weighted by atomic mass is 35.5. The van der Waals surface area contributed by atoms with Crippen LogP contribution in [0.3, 0.4) is 0 Å². The molecule has 1 rings (SSSR count). The maximum Gasteiger partial charge on any atom is 0.326 e. The summed E-state index contributed by atoms with van der Waals surface area (Å²) in [5.41, 5.74) is 0.696. The Bertz CT molecular complexity index is 482. The quantitative estimate of drug-likeness (QED) is 0.864. The van der Waals surface area contributed by atoms with E-state index in [4.69, 9.17) is 16.7 Å². The third-order valence-electron chi connectivity index (χ3n) is 2.70. The van der Waals surface area contributed by atoms with E-state index in [0.717, 1.165) is 0 Å². The number of rotatable bonds is 4. The molecule has 0 saturated heterocycles. The number of amides is 1. The predicted octanol–water partition coefficient (Wildman–Crippen LogP) is 1.22. The third kappa shape index (κ3) is 2.81. The number of carboxylic acids is 1. The summed E-state index contributed by atoms with van der Waals surface area (Å²) < 4.78 is 1.47. The lowest BCUT2D eigenvalue weighted by molar-refractivity contribution is -0.140. The van der Waals surface area contributed by atoms with Gasteiger partial charge >= 0.3 is 5.97 Å². The highest BCUT2D eigenvalue weighted by Crippen LogP contribution is 2.19. The van der Waals surface area contributed by atoms with Crippen LogP contribution in [0.1, 0.15) is 30.0 Å². The molecule has 1 aromatic rings. The van der Waals surface area contributed by atoms with Crippen LogP contribution in [0.25, 0.3) is 0 Å². The molecule has 2 N–H and O–H groups in total. The number of aliphatic carboxylic acids is 1. The van der Waals surface area contributed by atoms with Crippen molar-refractivity contribution in [3.8, 4) is 0 Å². The van der Waals surface area contributed by atoms with Gasteiger partial charge in [0.1, 0.15) is 6.04 Å². The molecule has 0 unspecified atom stereocenters. The molecule has 0 fully saturated rings. The van der Waals surface area contributed by atoms with Crippen molar-refractivity contribution in [2.24, 2.45) is 13.0 Å². The average Bonchev–Trinajstić information content (AvgIpc) is 2.52. The van der Waals surface area contributed by atoms with Crippen LogP contribution in [0.5, 0.6) is 0 Å². The van der Waals surface area contributed by atoms with Gasteiger partial charge in [0, 0.05) is 7.05 Å². The first-order valence-electron chi connectivity index (χ1n) is 5.48. The zero-order valence-corrected chi connectivity index (χ0v) is 11.4. The van der Waals surface area contributed by atoms with Crippen LogP contribution in [-0.2, 0) is 11.8 Å². The molecule has 6 nitrogen and oxygen atoms in total. The van der Waals surface area contributed by atoms with Crippen LogP contribution >= 0.6 is 11.6 Å². The number of nitrogens with one attached hydrogen (secondary N) is 1. The fraction of sp³-hybridized carbons (Fsp3) is 0.545. The highest BCUT2D eigenvalue weighted by molar-refractivity contribution is 6.34. The minimum absolute atomic E-state index is 0.0450. The Hall–Kier alpha value is -1.56. The van der Waals surface area contributed by atoms with Gasteiger partial charge in [-0.1, -0.05) is 25.4 Å². The number of carbonyl (C=O) groups excluding carboxylic acids is 1. The summed E-state index contributed by atoms with van der Waals surface area (Å²) in [5, 5.41) is 15.6. The monoisotopic (exact) mass is 273 g/mol. The van der Waals surface area contributed by atoms with Gasteiger partial charge in [-0.2, -0.15) is 5.10 Å². The second kappa shape index (κ2) is 5.39. The molecule has 100 valence electrons. The highest BCUT2D eigenvalue weighted by Gasteiger charge is 2.26. The summed E-state index contributed by atoms with van der Waals surface area (Å²) in [6, 6.07) is -0.962. The van der Waals surface area contributed by atoms with Crippen molar-refractivity contribution >= 4 is 23.5 Å². The fourth-order valence-corrected chi connectivity index (χ4v) is 1.70. The van der Waals surface area contributed by atoms with Crippen molar-refractivity contribution in [1.82, 2.24) is 15.1 Å². The van der Waals surface area contributed by atoms with Gasteiger partial charge in [-0.25, -0.2) is 4.79 Å². The van der Waals surface area contributed by atoms with Gasteiger partial charge < -0.3 is 10.4 Å². The largest absolute Gasteiger partial charge is 0.480 e. The molecule has 0 bridgehead atoms. The van der Waals surface area contributed by atoms with E-state index in [2.05, 4.69) is 10.4 Å². The molecule has 7 heteroatoms. The summed E-state index contributed by atoms with van der Waals surface area (Å²) in [6.07, 6.45) is 0. The van der Waals surface area contributed by atoms with E-state index in [1.54, 1.807) is 27.8 Å². The van der Waals surface area contributed by atoms with E-state index in [1.807, 2.05) is 0 Å². The minimum Gasteiger partial charge on any atom is -0.480 e. The lowest BCUT2D eigenvalue weighted by Gasteiger charge is -2.17. The summed E-state index contributed by atoms with van der Waals surface area (Å²) in [5.74, 6) is -1.89. The fourth-order valence-electron chi connectivity index (χ4n) is 1.45. The lowest BCUT2D eigenvalue weighted by atomic mass is 10.0. The van der Waals surface area contributed by atoms with Crippen LogP contribution in [0, 0.1) is 12.8 Å². The lowest BCUT2D eigenvalue weighted by Crippen LogP contribution is -2.44. The maximum absolute atomic E-state index is 11.9. The molecular weight excluding hydrogens is 258 g/mol. The zero-order valence-electron chi connectivity index (χ0n) is 10.7. The Morgan fingerprint density at radius 2 is 2.00 bits per heavy atom. The van der Waals surface area contributed by atoms with E-state index >= 15 is 0 Å². The average molecular weight is 274 g/mol. The Morgan fingerprint density at radius 3 is 2.33 bits per heavy atom. The van der Waals surface area contributed by atoms with Gasteiger partial charge in [0.25, 0.3) is 5.91 Å². The summed E-state index contributed by atoms with van der Waals surface area (Å²) in [6.45, 7) is 5.15. The number of nitrogens with zero attached hydrogens (tertiary/aromatic N) is 2. The third-order valence-corrected chi connectivity index (χ3v) is 3.15. The first-order chi connectivity index (χ1) is 8.25. The molecule has 18 heavy (non-hydrogen) atoms. The normalized spacial score (nSPS) is 12.6. The van der Waals surface area contributed by atoms with Crippen molar-refractivity contribution in [2.75, 3.05) is 0 Å². The SMILES string of the molecule is Cc1c(Cl)c(C(=O)N[C@H](C(=O)O)C(C)C)nn1C. The second-order valence-electron chi connectivity index (χ2n) is 4.40. The molecule has 1 heterocycles. The zero-order chi connectivity index (χ0) is 14.0. The van der Waals surface area contributed by atoms with Crippen LogP contribution in [0.4, 0.5) is 0 Å². The summed E-state index contributed by atoms with van der Waals surface area (Å²) in [7, 11) is 1.66. The Morgan fingerprint density at radius 1 is 1.44 bits per heavy atom. The Balaban J connectivity index is 2.94. The van der Waals surface area contributed by atoms with Crippen molar-refractivity contribution in [3.63, 3.8) is 0 Å². The molecule has 1 amide bonds. The minimum atomic E-state index is -1.08. The van der Waals surface area contributed by atoms with E-state index in [0.29, 0.717) is 5.69 Å². The van der Waals surface area contributed by atoms with Crippen molar-refractivity contribution in [3.05, 3.63) is 16.4 Å². The van der Waals surface area contributed by atoms with Crippen LogP contribution in [-0.4, -0.2) is 32.8 Å². The molecule has 0 aliphatic carbocycles. The number of aromatic nitrogens is 2. The molecule has 0 saturated carbocycles. The molecular formula is C11H16ClN3O3. The van der Waals surface area contributed by atoms with Gasteiger partial charge in [-0.3, -0.25) is 9.48 Å². The second-order valence-corrected chi connectivity index (χ2v) is 4.78. The summed E-state index contributed by atoms with van der Waals surface area (Å²) in [4.78, 5) is 22.9. The van der Waals surface area contributed by atoms with Crippen LogP contribution < -0.4 is 5.32 Å². The first kappa shape index (κ1) is 14.5. The number of carboxylic acid groups (broad SMARTS) is 1. The van der Waals surface area contributed by atoms with Crippen molar-refractivity contribution in [2.45, 2.75) is 26.8 Å². The van der Waals surface area contributed by atoms with Gasteiger partial charge in [0.05, 0.1) is 10.7 Å². The van der Waals surface area contributed by atoms with E-state index in [1.165, 1.54) is 4.68 Å². The number of hydrogen-bond acceptors (Lipinski definition) is 3. The smallest absolute Gasteiger partial charge is 0.326 e. The summed E-state index contributed by atoms with van der Waals surface area (Å²) >= 11 is 5.96. The molecule has 0 radical (unpaired) electrons. The first-order valence-corrected chi connectivity index (χ1v) is 5.86. The van der Waals surface area contributed by atoms with E-state index in [-0.39, 0.29) is 16.6 Å². The van der Waals surface area contributed by atoms with Crippen LogP contribution in [0.2, 0.25) is 5.02 Å². The number of hydrogen-bond donors (Lipinski definition) is 2. The number of halogens is 1. The van der Waals surface area contributed by atoms with Crippen molar-refractivity contribution in [1.29, 1.82) is 0 Å². The van der Waals surface area contributed by atoms with Crippen molar-refractivity contribution < 1.29 is 14.7 Å². The number of aryl methyl sites for hydroxylation is 1.